The second-order valence-corrected chi connectivity index (χ2v) is 10.5. The molecule has 0 spiro atoms. The number of sulfonamides is 1. The maximum atomic E-state index is 12.9. The van der Waals surface area contributed by atoms with Crippen LogP contribution in [0.2, 0.25) is 0 Å². The summed E-state index contributed by atoms with van der Waals surface area (Å²) >= 11 is 0. The number of carbonyl (C=O) groups is 1. The fourth-order valence-corrected chi connectivity index (χ4v) is 4.90. The molecule has 1 aromatic heterocycles. The van der Waals surface area contributed by atoms with E-state index in [0.717, 1.165) is 11.1 Å². The van der Waals surface area contributed by atoms with Gasteiger partial charge in [-0.1, -0.05) is 24.3 Å². The van der Waals surface area contributed by atoms with Gasteiger partial charge >= 0.3 is 6.36 Å². The molecule has 37 heavy (non-hydrogen) atoms. The summed E-state index contributed by atoms with van der Waals surface area (Å²) in [6.45, 7) is 3.55. The van der Waals surface area contributed by atoms with Gasteiger partial charge in [-0.2, -0.15) is 4.31 Å². The molecule has 1 N–H and O–H groups in total. The van der Waals surface area contributed by atoms with E-state index in [-0.39, 0.29) is 11.7 Å². The molecule has 1 aliphatic heterocycles. The van der Waals surface area contributed by atoms with Crippen molar-refractivity contribution in [3.8, 4) is 16.9 Å². The van der Waals surface area contributed by atoms with Crippen molar-refractivity contribution in [3.63, 3.8) is 0 Å². The fourth-order valence-electron chi connectivity index (χ4n) is 4.07. The lowest BCUT2D eigenvalue weighted by molar-refractivity contribution is -0.274. The Hall–Kier alpha value is -3.64. The largest absolute Gasteiger partial charge is 0.573 e. The lowest BCUT2D eigenvalue weighted by Gasteiger charge is -2.33. The number of pyridine rings is 1. The minimum absolute atomic E-state index is 0.313. The molecule has 4 rings (SSSR count). The highest BCUT2D eigenvalue weighted by atomic mass is 32.2. The monoisotopic (exact) mass is 534 g/mol. The first-order valence-electron chi connectivity index (χ1n) is 11.3. The number of halogens is 3. The molecular formula is C25H25F3N4O4S. The number of hydrogen-bond donors (Lipinski definition) is 1. The van der Waals surface area contributed by atoms with Crippen molar-refractivity contribution in [1.82, 2.24) is 9.29 Å². The average molecular weight is 535 g/mol. The van der Waals surface area contributed by atoms with Gasteiger partial charge in [0.2, 0.25) is 10.0 Å². The number of alkyl halides is 3. The number of amides is 1. The van der Waals surface area contributed by atoms with E-state index >= 15 is 0 Å². The third-order valence-electron chi connectivity index (χ3n) is 6.02. The van der Waals surface area contributed by atoms with Gasteiger partial charge in [-0.3, -0.25) is 4.79 Å². The van der Waals surface area contributed by atoms with Crippen LogP contribution in [0.1, 0.15) is 15.9 Å². The highest BCUT2D eigenvalue weighted by Crippen LogP contribution is 2.31. The van der Waals surface area contributed by atoms with Crippen LogP contribution in [-0.4, -0.2) is 62.4 Å². The fraction of sp³-hybridized carbons (Fsp3) is 0.280. The van der Waals surface area contributed by atoms with E-state index in [4.69, 9.17) is 0 Å². The van der Waals surface area contributed by atoms with E-state index in [1.165, 1.54) is 41.0 Å². The van der Waals surface area contributed by atoms with Crippen LogP contribution in [0.15, 0.2) is 60.8 Å². The summed E-state index contributed by atoms with van der Waals surface area (Å²) in [5.41, 5.74) is 3.06. The van der Waals surface area contributed by atoms with Gasteiger partial charge in [-0.15, -0.1) is 13.2 Å². The summed E-state index contributed by atoms with van der Waals surface area (Å²) in [5, 5.41) is 2.86. The number of anilines is 2. The van der Waals surface area contributed by atoms with Crippen LogP contribution in [0.4, 0.5) is 24.7 Å². The summed E-state index contributed by atoms with van der Waals surface area (Å²) in [6, 6.07) is 14.2. The molecule has 0 bridgehead atoms. The number of piperazine rings is 1. The molecule has 12 heteroatoms. The molecule has 0 radical (unpaired) electrons. The van der Waals surface area contributed by atoms with E-state index in [9.17, 15) is 26.4 Å². The minimum Gasteiger partial charge on any atom is -0.406 e. The average Bonchev–Trinajstić information content (AvgIpc) is 2.85. The second kappa shape index (κ2) is 10.4. The highest BCUT2D eigenvalue weighted by molar-refractivity contribution is 7.88. The van der Waals surface area contributed by atoms with E-state index in [2.05, 4.69) is 15.0 Å². The van der Waals surface area contributed by atoms with Crippen molar-refractivity contribution in [2.45, 2.75) is 13.3 Å². The van der Waals surface area contributed by atoms with Gasteiger partial charge in [0.15, 0.2) is 0 Å². The number of hydrogen-bond acceptors (Lipinski definition) is 6. The maximum Gasteiger partial charge on any atom is 0.573 e. The van der Waals surface area contributed by atoms with Crippen molar-refractivity contribution >= 4 is 27.4 Å². The minimum atomic E-state index is -4.76. The molecule has 2 aromatic carbocycles. The van der Waals surface area contributed by atoms with Crippen LogP contribution in [0.3, 0.4) is 0 Å². The SMILES string of the molecule is Cc1c(NC(=O)c2ccc(N3CCN(S(C)(=O)=O)CC3)nc2)cccc1-c1ccc(OC(F)(F)F)cc1. The first kappa shape index (κ1) is 26.4. The Kier molecular flexibility index (Phi) is 7.42. The van der Waals surface area contributed by atoms with Gasteiger partial charge < -0.3 is 15.0 Å². The molecular weight excluding hydrogens is 509 g/mol. The van der Waals surface area contributed by atoms with Gasteiger partial charge in [0.1, 0.15) is 11.6 Å². The summed E-state index contributed by atoms with van der Waals surface area (Å²) in [6.07, 6.45) is -2.11. The zero-order valence-corrected chi connectivity index (χ0v) is 20.9. The Balaban J connectivity index is 1.43. The number of aromatic nitrogens is 1. The second-order valence-electron chi connectivity index (χ2n) is 8.56. The van der Waals surface area contributed by atoms with Crippen LogP contribution < -0.4 is 15.0 Å². The molecule has 2 heterocycles. The number of benzene rings is 2. The molecule has 1 aliphatic rings. The van der Waals surface area contributed by atoms with Gasteiger partial charge in [0, 0.05) is 38.1 Å². The third-order valence-corrected chi connectivity index (χ3v) is 7.33. The molecule has 8 nitrogen and oxygen atoms in total. The van der Waals surface area contributed by atoms with E-state index in [1.807, 2.05) is 17.9 Å². The molecule has 1 amide bonds. The van der Waals surface area contributed by atoms with Gasteiger partial charge in [-0.05, 0) is 53.9 Å². The summed E-state index contributed by atoms with van der Waals surface area (Å²) in [4.78, 5) is 19.2. The summed E-state index contributed by atoms with van der Waals surface area (Å²) in [7, 11) is -3.23. The zero-order valence-electron chi connectivity index (χ0n) is 20.1. The Morgan fingerprint density at radius 3 is 2.24 bits per heavy atom. The van der Waals surface area contributed by atoms with Gasteiger partial charge in [0.05, 0.1) is 11.8 Å². The first-order chi connectivity index (χ1) is 17.4. The van der Waals surface area contributed by atoms with Crippen LogP contribution in [-0.2, 0) is 10.0 Å². The highest BCUT2D eigenvalue weighted by Gasteiger charge is 2.31. The quantitative estimate of drug-likeness (QED) is 0.508. The number of rotatable bonds is 6. The van der Waals surface area contributed by atoms with Gasteiger partial charge in [-0.25, -0.2) is 13.4 Å². The van der Waals surface area contributed by atoms with E-state index in [0.29, 0.717) is 48.8 Å². The maximum absolute atomic E-state index is 12.9. The number of nitrogens with one attached hydrogen (secondary N) is 1. The third kappa shape index (κ3) is 6.57. The molecule has 0 aliphatic carbocycles. The Morgan fingerprint density at radius 1 is 1.00 bits per heavy atom. The van der Waals surface area contributed by atoms with E-state index in [1.54, 1.807) is 24.3 Å². The Labute approximate surface area is 212 Å². The van der Waals surface area contributed by atoms with Crippen molar-refractivity contribution in [2.24, 2.45) is 0 Å². The normalized spacial score (nSPS) is 14.9. The van der Waals surface area contributed by atoms with Crippen molar-refractivity contribution in [1.29, 1.82) is 0 Å². The summed E-state index contributed by atoms with van der Waals surface area (Å²) in [5.74, 6) is -0.0254. The van der Waals surface area contributed by atoms with E-state index < -0.39 is 16.4 Å². The van der Waals surface area contributed by atoms with Crippen molar-refractivity contribution in [2.75, 3.05) is 42.7 Å². The molecule has 0 saturated carbocycles. The number of ether oxygens (including phenoxy) is 1. The van der Waals surface area contributed by atoms with Crippen LogP contribution >= 0.6 is 0 Å². The zero-order chi connectivity index (χ0) is 26.8. The van der Waals surface area contributed by atoms with Crippen LogP contribution in [0.25, 0.3) is 11.1 Å². The van der Waals surface area contributed by atoms with Crippen molar-refractivity contribution < 1.29 is 31.1 Å². The van der Waals surface area contributed by atoms with Gasteiger partial charge in [0.25, 0.3) is 5.91 Å². The predicted molar refractivity (Wildman–Crippen MR) is 134 cm³/mol. The van der Waals surface area contributed by atoms with Crippen LogP contribution in [0, 0.1) is 6.92 Å². The van der Waals surface area contributed by atoms with Crippen LogP contribution in [0.5, 0.6) is 5.75 Å². The summed E-state index contributed by atoms with van der Waals surface area (Å²) < 4.78 is 66.0. The smallest absolute Gasteiger partial charge is 0.406 e. The Bertz CT molecular complexity index is 1370. The molecule has 3 aromatic rings. The molecule has 196 valence electrons. The number of carbonyl (C=O) groups excluding carboxylic acids is 1. The standard InChI is InChI=1S/C25H25F3N4O4S/c1-17-21(18-6-9-20(10-7-18)36-25(26,27)28)4-3-5-22(17)30-24(33)19-8-11-23(29-16-19)31-12-14-32(15-13-31)37(2,34)35/h3-11,16H,12-15H2,1-2H3,(H,30,33). The number of nitrogens with zero attached hydrogens (tertiary/aromatic N) is 3. The lowest BCUT2D eigenvalue weighted by atomic mass is 9.99. The molecule has 0 unspecified atom stereocenters. The molecule has 0 atom stereocenters. The predicted octanol–water partition coefficient (Wildman–Crippen LogP) is 4.29. The molecule has 1 saturated heterocycles. The molecule has 1 fully saturated rings. The first-order valence-corrected chi connectivity index (χ1v) is 13.2. The Morgan fingerprint density at radius 2 is 1.68 bits per heavy atom. The lowest BCUT2D eigenvalue weighted by Crippen LogP contribution is -2.48. The topological polar surface area (TPSA) is 91.8 Å². The van der Waals surface area contributed by atoms with Crippen molar-refractivity contribution in [3.05, 3.63) is 71.9 Å².